The highest BCUT2D eigenvalue weighted by molar-refractivity contribution is 6.34. The zero-order valence-electron chi connectivity index (χ0n) is 10.1. The molecule has 4 heteroatoms. The van der Waals surface area contributed by atoms with Crippen molar-refractivity contribution in [2.45, 2.75) is 26.2 Å². The van der Waals surface area contributed by atoms with Crippen molar-refractivity contribution in [3.05, 3.63) is 28.2 Å². The van der Waals surface area contributed by atoms with Crippen molar-refractivity contribution in [3.63, 3.8) is 0 Å². The highest BCUT2D eigenvalue weighted by atomic mass is 35.5. The van der Waals surface area contributed by atoms with Crippen LogP contribution < -0.4 is 10.1 Å². The van der Waals surface area contributed by atoms with Crippen molar-refractivity contribution in [2.24, 2.45) is 0 Å². The van der Waals surface area contributed by atoms with E-state index >= 15 is 0 Å². The van der Waals surface area contributed by atoms with Crippen LogP contribution in [0.3, 0.4) is 0 Å². The highest BCUT2D eigenvalue weighted by Crippen LogP contribution is 2.24. The second-order valence-corrected chi connectivity index (χ2v) is 4.74. The Bertz CT molecular complexity index is 311. The van der Waals surface area contributed by atoms with E-state index in [1.807, 2.05) is 0 Å². The summed E-state index contributed by atoms with van der Waals surface area (Å²) in [5.41, 5.74) is 0. The maximum absolute atomic E-state index is 5.87. The minimum Gasteiger partial charge on any atom is -0.493 e. The second kappa shape index (κ2) is 8.62. The van der Waals surface area contributed by atoms with Gasteiger partial charge < -0.3 is 10.1 Å². The van der Waals surface area contributed by atoms with Crippen molar-refractivity contribution in [1.82, 2.24) is 5.32 Å². The minimum atomic E-state index is 0.611. The van der Waals surface area contributed by atoms with E-state index in [0.29, 0.717) is 16.7 Å². The quantitative estimate of drug-likeness (QED) is 0.720. The summed E-state index contributed by atoms with van der Waals surface area (Å²) in [4.78, 5) is 0. The lowest BCUT2D eigenvalue weighted by atomic mass is 10.2. The van der Waals surface area contributed by atoms with Crippen LogP contribution in [0.1, 0.15) is 26.2 Å². The van der Waals surface area contributed by atoms with E-state index < -0.39 is 0 Å². The van der Waals surface area contributed by atoms with Gasteiger partial charge in [-0.3, -0.25) is 0 Å². The zero-order valence-corrected chi connectivity index (χ0v) is 11.7. The molecule has 0 radical (unpaired) electrons. The van der Waals surface area contributed by atoms with E-state index in [4.69, 9.17) is 27.9 Å². The fourth-order valence-corrected chi connectivity index (χ4v) is 2.01. The monoisotopic (exact) mass is 275 g/mol. The maximum atomic E-state index is 5.87. The van der Waals surface area contributed by atoms with Crippen LogP contribution in [-0.4, -0.2) is 19.7 Å². The predicted molar refractivity (Wildman–Crippen MR) is 74.4 cm³/mol. The van der Waals surface area contributed by atoms with Gasteiger partial charge in [0, 0.05) is 10.0 Å². The molecule has 0 saturated heterocycles. The molecule has 96 valence electrons. The predicted octanol–water partition coefficient (Wildman–Crippen LogP) is 4.15. The Balaban J connectivity index is 2.13. The first-order chi connectivity index (χ1) is 8.22. The lowest BCUT2D eigenvalue weighted by molar-refractivity contribution is 0.305. The maximum Gasteiger partial charge on any atom is 0.122 e. The van der Waals surface area contributed by atoms with Gasteiger partial charge in [-0.1, -0.05) is 30.1 Å². The fourth-order valence-electron chi connectivity index (χ4n) is 1.51. The Hall–Kier alpha value is -0.440. The average molecular weight is 276 g/mol. The van der Waals surface area contributed by atoms with E-state index in [-0.39, 0.29) is 0 Å². The lowest BCUT2D eigenvalue weighted by Gasteiger charge is -2.07. The molecule has 2 nitrogen and oxygen atoms in total. The molecule has 0 spiro atoms. The zero-order chi connectivity index (χ0) is 12.5. The first-order valence-corrected chi connectivity index (χ1v) is 6.77. The van der Waals surface area contributed by atoms with Gasteiger partial charge >= 0.3 is 0 Å². The number of ether oxygens (including phenoxy) is 1. The summed E-state index contributed by atoms with van der Waals surface area (Å²) in [6.45, 7) is 4.95. The molecule has 0 saturated carbocycles. The molecule has 0 fully saturated rings. The van der Waals surface area contributed by atoms with E-state index in [9.17, 15) is 0 Å². The van der Waals surface area contributed by atoms with Crippen molar-refractivity contribution < 1.29 is 4.74 Å². The van der Waals surface area contributed by atoms with Gasteiger partial charge in [-0.25, -0.2) is 0 Å². The first-order valence-electron chi connectivity index (χ1n) is 6.02. The Morgan fingerprint density at radius 1 is 1.06 bits per heavy atom. The van der Waals surface area contributed by atoms with Crippen LogP contribution >= 0.6 is 23.2 Å². The van der Waals surface area contributed by atoms with Crippen LogP contribution in [0, 0.1) is 0 Å². The number of hydrogen-bond donors (Lipinski definition) is 1. The smallest absolute Gasteiger partial charge is 0.122 e. The Morgan fingerprint density at radius 3 is 2.41 bits per heavy atom. The topological polar surface area (TPSA) is 21.3 Å². The van der Waals surface area contributed by atoms with Gasteiger partial charge in [-0.2, -0.15) is 0 Å². The standard InChI is InChI=1S/C13H19Cl2NO/c1-2-16-6-4-3-5-7-17-13-9-11(14)8-12(15)10-13/h8-10,16H,2-7H2,1H3. The lowest BCUT2D eigenvalue weighted by Crippen LogP contribution is -2.14. The summed E-state index contributed by atoms with van der Waals surface area (Å²) < 4.78 is 5.58. The molecule has 17 heavy (non-hydrogen) atoms. The molecule has 0 atom stereocenters. The number of halogens is 2. The molecule has 0 aromatic heterocycles. The molecule has 0 aliphatic heterocycles. The van der Waals surface area contributed by atoms with Gasteiger partial charge in [0.05, 0.1) is 6.61 Å². The number of benzene rings is 1. The third-order valence-corrected chi connectivity index (χ3v) is 2.79. The Morgan fingerprint density at radius 2 is 1.76 bits per heavy atom. The van der Waals surface area contributed by atoms with E-state index in [1.54, 1.807) is 18.2 Å². The van der Waals surface area contributed by atoms with Crippen LogP contribution in [0.25, 0.3) is 0 Å². The van der Waals surface area contributed by atoms with Gasteiger partial charge in [-0.05, 0) is 50.6 Å². The van der Waals surface area contributed by atoms with Crippen LogP contribution in [-0.2, 0) is 0 Å². The Kier molecular flexibility index (Phi) is 7.41. The molecule has 0 unspecified atom stereocenters. The average Bonchev–Trinajstić information content (AvgIpc) is 2.26. The molecule has 0 aliphatic carbocycles. The molecule has 0 heterocycles. The summed E-state index contributed by atoms with van der Waals surface area (Å²) in [6, 6.07) is 5.27. The molecule has 0 bridgehead atoms. The number of rotatable bonds is 8. The van der Waals surface area contributed by atoms with Crippen LogP contribution in [0.4, 0.5) is 0 Å². The van der Waals surface area contributed by atoms with Gasteiger partial charge in [0.15, 0.2) is 0 Å². The van der Waals surface area contributed by atoms with Gasteiger partial charge in [-0.15, -0.1) is 0 Å². The van der Waals surface area contributed by atoms with Crippen molar-refractivity contribution >= 4 is 23.2 Å². The largest absolute Gasteiger partial charge is 0.493 e. The summed E-state index contributed by atoms with van der Waals surface area (Å²) in [5, 5.41) is 4.52. The first kappa shape index (κ1) is 14.6. The van der Waals surface area contributed by atoms with E-state index in [2.05, 4.69) is 12.2 Å². The molecule has 1 aromatic carbocycles. The highest BCUT2D eigenvalue weighted by Gasteiger charge is 1.99. The van der Waals surface area contributed by atoms with Crippen LogP contribution in [0.5, 0.6) is 5.75 Å². The summed E-state index contributed by atoms with van der Waals surface area (Å²) in [5.74, 6) is 0.745. The minimum absolute atomic E-state index is 0.611. The van der Waals surface area contributed by atoms with Crippen LogP contribution in [0.2, 0.25) is 10.0 Å². The van der Waals surface area contributed by atoms with Gasteiger partial charge in [0.1, 0.15) is 5.75 Å². The number of nitrogens with one attached hydrogen (secondary N) is 1. The SMILES string of the molecule is CCNCCCCCOc1cc(Cl)cc(Cl)c1. The van der Waals surface area contributed by atoms with Gasteiger partial charge in [0.2, 0.25) is 0 Å². The van der Waals surface area contributed by atoms with Crippen LogP contribution in [0.15, 0.2) is 18.2 Å². The molecular formula is C13H19Cl2NO. The van der Waals surface area contributed by atoms with Crippen molar-refractivity contribution in [3.8, 4) is 5.75 Å². The molecular weight excluding hydrogens is 257 g/mol. The third kappa shape index (κ3) is 6.77. The van der Waals surface area contributed by atoms with Gasteiger partial charge in [0.25, 0.3) is 0 Å². The summed E-state index contributed by atoms with van der Waals surface area (Å²) in [6.07, 6.45) is 3.41. The third-order valence-electron chi connectivity index (χ3n) is 2.35. The summed E-state index contributed by atoms with van der Waals surface area (Å²) in [7, 11) is 0. The van der Waals surface area contributed by atoms with E-state index in [1.165, 1.54) is 12.8 Å². The normalized spacial score (nSPS) is 10.5. The van der Waals surface area contributed by atoms with Crippen molar-refractivity contribution in [2.75, 3.05) is 19.7 Å². The molecule has 1 N–H and O–H groups in total. The fraction of sp³-hybridized carbons (Fsp3) is 0.538. The second-order valence-electron chi connectivity index (χ2n) is 3.87. The van der Waals surface area contributed by atoms with E-state index in [0.717, 1.165) is 25.3 Å². The number of hydrogen-bond acceptors (Lipinski definition) is 2. The number of unbranched alkanes of at least 4 members (excludes halogenated alkanes) is 2. The molecule has 0 aliphatic rings. The molecule has 0 amide bonds. The Labute approximate surface area is 113 Å². The summed E-state index contributed by atoms with van der Waals surface area (Å²) >= 11 is 11.7. The van der Waals surface area contributed by atoms with Crippen molar-refractivity contribution in [1.29, 1.82) is 0 Å². The molecule has 1 aromatic rings. The molecule has 1 rings (SSSR count).